The minimum absolute atomic E-state index is 0.167. The standard InChI is InChI=1S/C15H18O/c1-5-12-7-6-11(4)13-9-16-14(15(12)13)8-10(2)3/h5-7,14H,1-2,8-9H2,3-4H3/t14-/m0/s1. The van der Waals surface area contributed by atoms with Gasteiger partial charge in [0.15, 0.2) is 0 Å². The average Bonchev–Trinajstić information content (AvgIpc) is 2.63. The quantitative estimate of drug-likeness (QED) is 0.686. The Hall–Kier alpha value is -1.34. The second-order valence-corrected chi connectivity index (χ2v) is 4.53. The lowest BCUT2D eigenvalue weighted by Gasteiger charge is -2.14. The van der Waals surface area contributed by atoms with Crippen LogP contribution in [0.15, 0.2) is 30.9 Å². The summed E-state index contributed by atoms with van der Waals surface area (Å²) in [6.07, 6.45) is 2.98. The highest BCUT2D eigenvalue weighted by Gasteiger charge is 2.26. The molecule has 0 aromatic heterocycles. The van der Waals surface area contributed by atoms with Gasteiger partial charge in [-0.25, -0.2) is 0 Å². The molecule has 84 valence electrons. The zero-order valence-corrected chi connectivity index (χ0v) is 10.0. The summed E-state index contributed by atoms with van der Waals surface area (Å²) in [5.41, 5.74) is 6.32. The molecule has 0 saturated heterocycles. The van der Waals surface area contributed by atoms with E-state index in [-0.39, 0.29) is 6.10 Å². The van der Waals surface area contributed by atoms with E-state index in [1.807, 2.05) is 13.0 Å². The Balaban J connectivity index is 2.47. The van der Waals surface area contributed by atoms with Gasteiger partial charge in [-0.2, -0.15) is 0 Å². The summed E-state index contributed by atoms with van der Waals surface area (Å²) in [6, 6.07) is 4.27. The van der Waals surface area contributed by atoms with E-state index in [2.05, 4.69) is 32.2 Å². The SMILES string of the molecule is C=Cc1ccc(C)c2c1[C@H](CC(=C)C)OC2. The van der Waals surface area contributed by atoms with Crippen molar-refractivity contribution in [2.45, 2.75) is 33.0 Å². The van der Waals surface area contributed by atoms with Gasteiger partial charge >= 0.3 is 0 Å². The molecule has 2 rings (SSSR count). The fourth-order valence-electron chi connectivity index (χ4n) is 2.29. The molecule has 0 saturated carbocycles. The Morgan fingerprint density at radius 2 is 2.31 bits per heavy atom. The van der Waals surface area contributed by atoms with Gasteiger partial charge in [-0.1, -0.05) is 30.4 Å². The Bertz CT molecular complexity index is 443. The molecule has 0 spiro atoms. The monoisotopic (exact) mass is 214 g/mol. The zero-order valence-electron chi connectivity index (χ0n) is 10.0. The average molecular weight is 214 g/mol. The molecule has 1 heteroatoms. The minimum Gasteiger partial charge on any atom is -0.368 e. The molecule has 1 heterocycles. The molecule has 1 aromatic rings. The molecule has 1 aromatic carbocycles. The fourth-order valence-corrected chi connectivity index (χ4v) is 2.29. The van der Waals surface area contributed by atoms with Gasteiger partial charge in [0.1, 0.15) is 0 Å². The number of rotatable bonds is 3. The van der Waals surface area contributed by atoms with Crippen LogP contribution in [0.25, 0.3) is 6.08 Å². The molecule has 0 fully saturated rings. The molecule has 0 N–H and O–H groups in total. The normalized spacial score (nSPS) is 18.2. The van der Waals surface area contributed by atoms with Crippen molar-refractivity contribution < 1.29 is 4.74 Å². The molecule has 0 radical (unpaired) electrons. The summed E-state index contributed by atoms with van der Waals surface area (Å²) in [7, 11) is 0. The summed E-state index contributed by atoms with van der Waals surface area (Å²) < 4.78 is 5.85. The largest absolute Gasteiger partial charge is 0.368 e. The van der Waals surface area contributed by atoms with Gasteiger partial charge in [0, 0.05) is 0 Å². The van der Waals surface area contributed by atoms with E-state index in [0.717, 1.165) is 18.6 Å². The third kappa shape index (κ3) is 1.83. The van der Waals surface area contributed by atoms with Gasteiger partial charge < -0.3 is 4.74 Å². The van der Waals surface area contributed by atoms with Crippen molar-refractivity contribution in [1.29, 1.82) is 0 Å². The van der Waals surface area contributed by atoms with Crippen LogP contribution in [0.4, 0.5) is 0 Å². The van der Waals surface area contributed by atoms with E-state index in [1.165, 1.54) is 22.3 Å². The van der Waals surface area contributed by atoms with E-state index in [0.29, 0.717) is 0 Å². The summed E-state index contributed by atoms with van der Waals surface area (Å²) in [5.74, 6) is 0. The Morgan fingerprint density at radius 3 is 2.94 bits per heavy atom. The van der Waals surface area contributed by atoms with Crippen LogP contribution in [0, 0.1) is 6.92 Å². The highest BCUT2D eigenvalue weighted by molar-refractivity contribution is 5.58. The van der Waals surface area contributed by atoms with Gasteiger partial charge in [-0.15, -0.1) is 6.58 Å². The molecule has 0 aliphatic carbocycles. The second-order valence-electron chi connectivity index (χ2n) is 4.53. The van der Waals surface area contributed by atoms with Crippen LogP contribution in [-0.2, 0) is 11.3 Å². The van der Waals surface area contributed by atoms with Gasteiger partial charge in [0.05, 0.1) is 12.7 Å². The smallest absolute Gasteiger partial charge is 0.0875 e. The molecule has 0 amide bonds. The lowest BCUT2D eigenvalue weighted by atomic mass is 9.93. The third-order valence-corrected chi connectivity index (χ3v) is 3.13. The second kappa shape index (κ2) is 4.26. The minimum atomic E-state index is 0.167. The van der Waals surface area contributed by atoms with Crippen molar-refractivity contribution in [1.82, 2.24) is 0 Å². The van der Waals surface area contributed by atoms with Crippen molar-refractivity contribution in [3.05, 3.63) is 53.1 Å². The molecule has 1 aliphatic heterocycles. The van der Waals surface area contributed by atoms with Crippen LogP contribution >= 0.6 is 0 Å². The summed E-state index contributed by atoms with van der Waals surface area (Å²) in [5, 5.41) is 0. The highest BCUT2D eigenvalue weighted by atomic mass is 16.5. The summed E-state index contributed by atoms with van der Waals surface area (Å²) in [4.78, 5) is 0. The van der Waals surface area contributed by atoms with Crippen molar-refractivity contribution in [3.63, 3.8) is 0 Å². The van der Waals surface area contributed by atoms with Crippen LogP contribution in [0.2, 0.25) is 0 Å². The van der Waals surface area contributed by atoms with Crippen LogP contribution in [-0.4, -0.2) is 0 Å². The van der Waals surface area contributed by atoms with Crippen LogP contribution in [0.1, 0.15) is 41.7 Å². The van der Waals surface area contributed by atoms with Crippen molar-refractivity contribution >= 4 is 6.08 Å². The van der Waals surface area contributed by atoms with E-state index < -0.39 is 0 Å². The topological polar surface area (TPSA) is 9.23 Å². The maximum absolute atomic E-state index is 5.85. The first-order valence-electron chi connectivity index (χ1n) is 5.64. The van der Waals surface area contributed by atoms with E-state index in [4.69, 9.17) is 4.74 Å². The van der Waals surface area contributed by atoms with Gasteiger partial charge in [-0.05, 0) is 42.5 Å². The maximum Gasteiger partial charge on any atom is 0.0875 e. The lowest BCUT2D eigenvalue weighted by Crippen LogP contribution is -1.99. The summed E-state index contributed by atoms with van der Waals surface area (Å²) in [6.45, 7) is 12.7. The third-order valence-electron chi connectivity index (χ3n) is 3.13. The number of benzene rings is 1. The molecule has 16 heavy (non-hydrogen) atoms. The molecular weight excluding hydrogens is 196 g/mol. The van der Waals surface area contributed by atoms with Gasteiger partial charge in [0.25, 0.3) is 0 Å². The molecule has 0 unspecified atom stereocenters. The Labute approximate surface area is 97.4 Å². The van der Waals surface area contributed by atoms with Crippen molar-refractivity contribution in [2.75, 3.05) is 0 Å². The van der Waals surface area contributed by atoms with Crippen LogP contribution < -0.4 is 0 Å². The number of fused-ring (bicyclic) bond motifs is 1. The van der Waals surface area contributed by atoms with Gasteiger partial charge in [-0.3, -0.25) is 0 Å². The first kappa shape index (κ1) is 11.2. The first-order valence-corrected chi connectivity index (χ1v) is 5.64. The molecule has 1 nitrogen and oxygen atoms in total. The molecule has 0 bridgehead atoms. The molecular formula is C15H18O. The number of aryl methyl sites for hydroxylation is 1. The fraction of sp³-hybridized carbons (Fsp3) is 0.333. The number of hydrogen-bond acceptors (Lipinski definition) is 1. The van der Waals surface area contributed by atoms with Crippen LogP contribution in [0.3, 0.4) is 0 Å². The molecule has 1 atom stereocenters. The van der Waals surface area contributed by atoms with Crippen LogP contribution in [0.5, 0.6) is 0 Å². The highest BCUT2D eigenvalue weighted by Crippen LogP contribution is 2.38. The van der Waals surface area contributed by atoms with Crippen molar-refractivity contribution in [2.24, 2.45) is 0 Å². The zero-order chi connectivity index (χ0) is 11.7. The van der Waals surface area contributed by atoms with E-state index >= 15 is 0 Å². The molecule has 1 aliphatic rings. The summed E-state index contributed by atoms with van der Waals surface area (Å²) >= 11 is 0. The number of ether oxygens (including phenoxy) is 1. The maximum atomic E-state index is 5.85. The van der Waals surface area contributed by atoms with Gasteiger partial charge in [0.2, 0.25) is 0 Å². The first-order chi connectivity index (χ1) is 7.63. The van der Waals surface area contributed by atoms with E-state index in [9.17, 15) is 0 Å². The lowest BCUT2D eigenvalue weighted by molar-refractivity contribution is 0.0664. The van der Waals surface area contributed by atoms with Crippen molar-refractivity contribution in [3.8, 4) is 0 Å². The Morgan fingerprint density at radius 1 is 1.56 bits per heavy atom. The Kier molecular flexibility index (Phi) is 2.97. The predicted molar refractivity (Wildman–Crippen MR) is 68.2 cm³/mol. The number of hydrogen-bond donors (Lipinski definition) is 0. The predicted octanol–water partition coefficient (Wildman–Crippen LogP) is 4.18. The van der Waals surface area contributed by atoms with E-state index in [1.54, 1.807) is 0 Å².